The van der Waals surface area contributed by atoms with Gasteiger partial charge in [0.05, 0.1) is 23.0 Å². The number of nitrogens with two attached hydrogens (primary N) is 1. The summed E-state index contributed by atoms with van der Waals surface area (Å²) in [5, 5.41) is 24.8. The highest BCUT2D eigenvalue weighted by Crippen LogP contribution is 2.36. The van der Waals surface area contributed by atoms with Gasteiger partial charge in [-0.3, -0.25) is 10.1 Å². The number of halogens is 1. The molecule has 2 amide bonds. The largest absolute Gasteiger partial charge is 0.508 e. The molecule has 3 aromatic carbocycles. The van der Waals surface area contributed by atoms with Gasteiger partial charge in [-0.25, -0.2) is 4.79 Å². The third kappa shape index (κ3) is 8.25. The predicted octanol–water partition coefficient (Wildman–Crippen LogP) is 6.35. The third-order valence-electron chi connectivity index (χ3n) is 5.58. The number of nitriles is 1. The second-order valence-corrected chi connectivity index (χ2v) is 9.62. The molecule has 3 aromatic rings. The molecule has 0 saturated heterocycles. The van der Waals surface area contributed by atoms with E-state index in [0.29, 0.717) is 41.0 Å². The molecule has 37 heavy (non-hydrogen) atoms. The van der Waals surface area contributed by atoms with Gasteiger partial charge in [-0.15, -0.1) is 0 Å². The number of carbonyl (C=O) groups excluding carboxylic acids is 2. The zero-order valence-corrected chi connectivity index (χ0v) is 22.3. The van der Waals surface area contributed by atoms with Crippen LogP contribution in [-0.4, -0.2) is 17.1 Å². The molecule has 0 fully saturated rings. The number of rotatable bonds is 9. The summed E-state index contributed by atoms with van der Waals surface area (Å²) in [6.45, 7) is 1.91. The summed E-state index contributed by atoms with van der Waals surface area (Å²) in [7, 11) is 0. The van der Waals surface area contributed by atoms with E-state index in [-0.39, 0.29) is 17.6 Å². The van der Waals surface area contributed by atoms with E-state index in [4.69, 9.17) is 15.7 Å². The predicted molar refractivity (Wildman–Crippen MR) is 152 cm³/mol. The first kappa shape index (κ1) is 27.5. The average molecular weight is 610 g/mol. The van der Waals surface area contributed by atoms with Crippen LogP contribution >= 0.6 is 22.6 Å². The Labute approximate surface area is 229 Å². The van der Waals surface area contributed by atoms with Gasteiger partial charge in [0.25, 0.3) is 0 Å². The molecule has 0 heterocycles. The molecule has 5 N–H and O–H groups in total. The van der Waals surface area contributed by atoms with Crippen LogP contribution in [0.4, 0.5) is 21.9 Å². The molecule has 0 unspecified atom stereocenters. The number of aromatic hydroxyl groups is 1. The first-order valence-corrected chi connectivity index (χ1v) is 12.6. The minimum absolute atomic E-state index is 0.0267. The van der Waals surface area contributed by atoms with E-state index < -0.39 is 12.2 Å². The molecule has 0 aliphatic heterocycles. The van der Waals surface area contributed by atoms with Gasteiger partial charge in [-0.1, -0.05) is 25.1 Å². The van der Waals surface area contributed by atoms with Gasteiger partial charge in [0.1, 0.15) is 11.9 Å². The van der Waals surface area contributed by atoms with Crippen LogP contribution in [0.5, 0.6) is 5.75 Å². The summed E-state index contributed by atoms with van der Waals surface area (Å²) in [5.74, 6) is -0.456. The number of nitrogen functional groups attached to an aromatic ring is 1. The van der Waals surface area contributed by atoms with Crippen molar-refractivity contribution >= 4 is 51.7 Å². The molecular weight excluding hydrogens is 583 g/mol. The molecule has 0 saturated carbocycles. The number of hydrogen-bond donors (Lipinski definition) is 4. The number of phenols is 1. The number of nitrogens with one attached hydrogen (secondary N) is 2. The van der Waals surface area contributed by atoms with Gasteiger partial charge in [0.2, 0.25) is 5.91 Å². The SMILES string of the molecule is C[C@H](CC/C=C/C(=O)Nc1ccccc1N)[C@@H](OC(=O)Nc1ccc(C#N)cc1)c1cc(I)ccc1O. The first-order valence-electron chi connectivity index (χ1n) is 11.5. The van der Waals surface area contributed by atoms with Crippen molar-refractivity contribution in [1.82, 2.24) is 0 Å². The summed E-state index contributed by atoms with van der Waals surface area (Å²) in [6.07, 6.45) is 2.88. The molecule has 0 radical (unpaired) electrons. The molecule has 0 aromatic heterocycles. The Hall–Kier alpha value is -4.04. The molecule has 0 bridgehead atoms. The Morgan fingerprint density at radius 3 is 2.57 bits per heavy atom. The van der Waals surface area contributed by atoms with E-state index in [9.17, 15) is 14.7 Å². The first-order chi connectivity index (χ1) is 17.8. The molecule has 9 heteroatoms. The fourth-order valence-corrected chi connectivity index (χ4v) is 4.13. The van der Waals surface area contributed by atoms with Crippen molar-refractivity contribution in [2.75, 3.05) is 16.4 Å². The Morgan fingerprint density at radius 2 is 1.86 bits per heavy atom. The van der Waals surface area contributed by atoms with E-state index in [2.05, 4.69) is 33.2 Å². The van der Waals surface area contributed by atoms with Gasteiger partial charge >= 0.3 is 6.09 Å². The number of benzene rings is 3. The number of amides is 2. The maximum atomic E-state index is 12.7. The lowest BCUT2D eigenvalue weighted by Crippen LogP contribution is -2.22. The minimum atomic E-state index is -0.737. The van der Waals surface area contributed by atoms with Gasteiger partial charge in [-0.2, -0.15) is 5.26 Å². The molecule has 8 nitrogen and oxygen atoms in total. The number of para-hydroxylation sites is 2. The van der Waals surface area contributed by atoms with Crippen molar-refractivity contribution in [3.63, 3.8) is 0 Å². The lowest BCUT2D eigenvalue weighted by molar-refractivity contribution is -0.111. The number of anilines is 3. The van der Waals surface area contributed by atoms with Crippen molar-refractivity contribution in [1.29, 1.82) is 5.26 Å². The van der Waals surface area contributed by atoms with Crippen LogP contribution in [0, 0.1) is 20.8 Å². The van der Waals surface area contributed by atoms with Crippen molar-refractivity contribution in [2.24, 2.45) is 5.92 Å². The average Bonchev–Trinajstić information content (AvgIpc) is 2.88. The lowest BCUT2D eigenvalue weighted by atomic mass is 9.92. The van der Waals surface area contributed by atoms with E-state index in [1.54, 1.807) is 72.8 Å². The minimum Gasteiger partial charge on any atom is -0.508 e. The van der Waals surface area contributed by atoms with Gasteiger partial charge < -0.3 is 20.9 Å². The summed E-state index contributed by atoms with van der Waals surface area (Å²) < 4.78 is 6.65. The number of carbonyl (C=O) groups is 2. The topological polar surface area (TPSA) is 137 Å². The maximum absolute atomic E-state index is 12.7. The molecule has 2 atom stereocenters. The van der Waals surface area contributed by atoms with Crippen LogP contribution in [0.2, 0.25) is 0 Å². The molecule has 3 rings (SSSR count). The van der Waals surface area contributed by atoms with Crippen LogP contribution in [-0.2, 0) is 9.53 Å². The van der Waals surface area contributed by atoms with Crippen molar-refractivity contribution in [2.45, 2.75) is 25.9 Å². The number of hydrogen-bond acceptors (Lipinski definition) is 6. The van der Waals surface area contributed by atoms with Crippen molar-refractivity contribution < 1.29 is 19.4 Å². The molecule has 0 spiro atoms. The lowest BCUT2D eigenvalue weighted by Gasteiger charge is -2.25. The summed E-state index contributed by atoms with van der Waals surface area (Å²) >= 11 is 2.13. The Kier molecular flexibility index (Phi) is 9.92. The van der Waals surface area contributed by atoms with Gasteiger partial charge in [0, 0.05) is 14.8 Å². The molecule has 0 aliphatic rings. The Morgan fingerprint density at radius 1 is 1.14 bits per heavy atom. The van der Waals surface area contributed by atoms with Crippen molar-refractivity contribution in [3.05, 3.63) is 93.6 Å². The zero-order valence-electron chi connectivity index (χ0n) is 20.1. The fourth-order valence-electron chi connectivity index (χ4n) is 3.62. The van der Waals surface area contributed by atoms with Crippen LogP contribution in [0.25, 0.3) is 0 Å². The van der Waals surface area contributed by atoms with Crippen LogP contribution < -0.4 is 16.4 Å². The highest BCUT2D eigenvalue weighted by molar-refractivity contribution is 14.1. The highest BCUT2D eigenvalue weighted by Gasteiger charge is 2.26. The molecule has 190 valence electrons. The standard InChI is InChI=1S/C28H27IN4O4/c1-18(6-2-5-9-26(35)33-24-8-4-3-7-23(24)31)27(22-16-20(29)12-15-25(22)34)37-28(36)32-21-13-10-19(17-30)11-14-21/h3-5,7-16,18,27,34H,2,6,31H2,1H3,(H,32,36)(H,33,35)/b9-5+/t18-,27-/m1/s1. The second kappa shape index (κ2) is 13.3. The van der Waals surface area contributed by atoms with Crippen LogP contribution in [0.15, 0.2) is 78.9 Å². The maximum Gasteiger partial charge on any atom is 0.412 e. The quantitative estimate of drug-likeness (QED) is 0.127. The normalized spacial score (nSPS) is 12.4. The third-order valence-corrected chi connectivity index (χ3v) is 6.25. The van der Waals surface area contributed by atoms with E-state index in [1.807, 2.05) is 13.0 Å². The number of nitrogens with zero attached hydrogens (tertiary/aromatic N) is 1. The highest BCUT2D eigenvalue weighted by atomic mass is 127. The monoisotopic (exact) mass is 610 g/mol. The van der Waals surface area contributed by atoms with E-state index >= 15 is 0 Å². The summed E-state index contributed by atoms with van der Waals surface area (Å²) in [6, 6.07) is 20.5. The number of allylic oxidation sites excluding steroid dienone is 1. The zero-order chi connectivity index (χ0) is 26.8. The van der Waals surface area contributed by atoms with E-state index in [0.717, 1.165) is 3.57 Å². The fraction of sp³-hybridized carbons (Fsp3) is 0.179. The summed E-state index contributed by atoms with van der Waals surface area (Å²) in [4.78, 5) is 24.9. The Bertz CT molecular complexity index is 1320. The Balaban J connectivity index is 1.65. The van der Waals surface area contributed by atoms with Gasteiger partial charge in [-0.05, 0) is 102 Å². The summed E-state index contributed by atoms with van der Waals surface area (Å²) in [5.41, 5.74) is 8.33. The van der Waals surface area contributed by atoms with Crippen molar-refractivity contribution in [3.8, 4) is 11.8 Å². The molecular formula is C28H27IN4O4. The number of phenolic OH excluding ortho intramolecular Hbond substituents is 1. The van der Waals surface area contributed by atoms with Crippen LogP contribution in [0.3, 0.4) is 0 Å². The number of ether oxygens (including phenoxy) is 1. The second-order valence-electron chi connectivity index (χ2n) is 8.38. The van der Waals surface area contributed by atoms with Gasteiger partial charge in [0.15, 0.2) is 0 Å². The smallest absolute Gasteiger partial charge is 0.412 e. The molecule has 0 aliphatic carbocycles. The van der Waals surface area contributed by atoms with E-state index in [1.165, 1.54) is 6.08 Å². The van der Waals surface area contributed by atoms with Crippen LogP contribution in [0.1, 0.15) is 37.0 Å².